The normalized spacial score (nSPS) is 18.0. The number of nitrogens with one attached hydrogen (secondary N) is 1. The van der Waals surface area contributed by atoms with Crippen molar-refractivity contribution in [2.45, 2.75) is 12.3 Å². The second-order valence-corrected chi connectivity index (χ2v) is 8.97. The Labute approximate surface area is 216 Å². The van der Waals surface area contributed by atoms with Crippen LogP contribution in [-0.4, -0.2) is 29.8 Å². The van der Waals surface area contributed by atoms with Crippen LogP contribution >= 0.6 is 0 Å². The highest BCUT2D eigenvalue weighted by Crippen LogP contribution is 2.60. The van der Waals surface area contributed by atoms with Gasteiger partial charge in [-0.1, -0.05) is 12.1 Å². The summed E-state index contributed by atoms with van der Waals surface area (Å²) in [5, 5.41) is 3.22. The monoisotopic (exact) mass is 514 g/mol. The van der Waals surface area contributed by atoms with Crippen LogP contribution in [0.15, 0.2) is 72.9 Å². The Bertz CT molecular complexity index is 1570. The van der Waals surface area contributed by atoms with Crippen LogP contribution in [0.25, 0.3) is 10.9 Å². The van der Waals surface area contributed by atoms with Crippen molar-refractivity contribution in [3.8, 4) is 17.2 Å². The summed E-state index contributed by atoms with van der Waals surface area (Å²) in [6, 6.07) is 17.0. The highest BCUT2D eigenvalue weighted by Gasteiger charge is 2.65. The molecule has 1 aliphatic carbocycles. The molecule has 0 saturated heterocycles. The number of rotatable bonds is 8. The third kappa shape index (κ3) is 4.36. The molecular formula is C28H23FN4O5. The van der Waals surface area contributed by atoms with Crippen molar-refractivity contribution in [1.29, 1.82) is 0 Å². The zero-order chi connectivity index (χ0) is 27.0. The molecule has 2 unspecified atom stereocenters. The Balaban J connectivity index is 1.36. The fraction of sp³-hybridized carbons (Fsp3) is 0.143. The highest BCUT2D eigenvalue weighted by molar-refractivity contribution is 6.14. The number of methoxy groups -OCH3 is 1. The number of hydrogen-bond acceptors (Lipinski definition) is 6. The Hall–Kier alpha value is -4.99. The summed E-state index contributed by atoms with van der Waals surface area (Å²) in [5.41, 5.74) is 11.6. The van der Waals surface area contributed by atoms with Crippen molar-refractivity contribution in [3.63, 3.8) is 0 Å². The Morgan fingerprint density at radius 3 is 2.34 bits per heavy atom. The van der Waals surface area contributed by atoms with Crippen LogP contribution in [0, 0.1) is 11.2 Å². The number of benzene rings is 3. The molecule has 10 heteroatoms. The van der Waals surface area contributed by atoms with Gasteiger partial charge in [-0.05, 0) is 60.5 Å². The molecule has 192 valence electrons. The van der Waals surface area contributed by atoms with Gasteiger partial charge in [0.15, 0.2) is 0 Å². The van der Waals surface area contributed by atoms with E-state index < -0.39 is 34.9 Å². The third-order valence-corrected chi connectivity index (χ3v) is 6.71. The largest absolute Gasteiger partial charge is 0.496 e. The summed E-state index contributed by atoms with van der Waals surface area (Å²) in [6.45, 7) is 0. The summed E-state index contributed by atoms with van der Waals surface area (Å²) in [6.07, 6.45) is 1.82. The van der Waals surface area contributed by atoms with Gasteiger partial charge in [-0.2, -0.15) is 0 Å². The minimum Gasteiger partial charge on any atom is -0.496 e. The van der Waals surface area contributed by atoms with Crippen molar-refractivity contribution in [3.05, 3.63) is 89.9 Å². The molecule has 0 radical (unpaired) electrons. The number of primary amides is 2. The number of ether oxygens (including phenoxy) is 2. The number of aromatic nitrogens is 1. The summed E-state index contributed by atoms with van der Waals surface area (Å²) in [7, 11) is 1.44. The van der Waals surface area contributed by atoms with Gasteiger partial charge >= 0.3 is 0 Å². The molecule has 1 aliphatic rings. The van der Waals surface area contributed by atoms with E-state index >= 15 is 0 Å². The van der Waals surface area contributed by atoms with E-state index in [1.807, 2.05) is 0 Å². The molecule has 5 N–H and O–H groups in total. The molecule has 1 fully saturated rings. The summed E-state index contributed by atoms with van der Waals surface area (Å²) >= 11 is 0. The number of anilines is 1. The quantitative estimate of drug-likeness (QED) is 0.304. The second-order valence-electron chi connectivity index (χ2n) is 8.97. The maximum absolute atomic E-state index is 13.2. The SMILES string of the molecule is COc1cc2nccc(Oc3ccc(C4CC4(C(N)=O)C(=O)Nc4ccc(F)cc4)cc3)c2cc1C(N)=O. The van der Waals surface area contributed by atoms with E-state index in [4.69, 9.17) is 20.9 Å². The minimum atomic E-state index is -1.40. The molecule has 0 spiro atoms. The van der Waals surface area contributed by atoms with Crippen LogP contribution in [-0.2, 0) is 9.59 Å². The number of pyridine rings is 1. The zero-order valence-corrected chi connectivity index (χ0v) is 20.2. The summed E-state index contributed by atoms with van der Waals surface area (Å²) in [4.78, 5) is 41.5. The van der Waals surface area contributed by atoms with Gasteiger partial charge in [-0.25, -0.2) is 4.39 Å². The smallest absolute Gasteiger partial charge is 0.252 e. The molecule has 3 aromatic carbocycles. The van der Waals surface area contributed by atoms with Gasteiger partial charge in [0.1, 0.15) is 28.5 Å². The van der Waals surface area contributed by atoms with Gasteiger partial charge in [0.25, 0.3) is 5.91 Å². The van der Waals surface area contributed by atoms with Gasteiger partial charge in [0, 0.05) is 29.3 Å². The molecule has 1 saturated carbocycles. The molecule has 0 aliphatic heterocycles. The van der Waals surface area contributed by atoms with E-state index in [1.54, 1.807) is 48.7 Å². The number of nitrogens with two attached hydrogens (primary N) is 2. The fourth-order valence-corrected chi connectivity index (χ4v) is 4.57. The molecule has 4 aromatic rings. The van der Waals surface area contributed by atoms with Crippen LogP contribution in [0.5, 0.6) is 17.2 Å². The molecule has 9 nitrogen and oxygen atoms in total. The molecule has 2 atom stereocenters. The topological polar surface area (TPSA) is 147 Å². The predicted molar refractivity (Wildman–Crippen MR) is 137 cm³/mol. The summed E-state index contributed by atoms with van der Waals surface area (Å²) in [5.74, 6) is -1.52. The van der Waals surface area contributed by atoms with Crippen LogP contribution in [0.2, 0.25) is 0 Å². The number of halogens is 1. The van der Waals surface area contributed by atoms with E-state index in [2.05, 4.69) is 10.3 Å². The zero-order valence-electron chi connectivity index (χ0n) is 20.2. The highest BCUT2D eigenvalue weighted by atomic mass is 19.1. The van der Waals surface area contributed by atoms with Crippen molar-refractivity contribution in [1.82, 2.24) is 4.98 Å². The van der Waals surface area contributed by atoms with Gasteiger partial charge in [-0.15, -0.1) is 0 Å². The molecule has 3 amide bonds. The maximum Gasteiger partial charge on any atom is 0.252 e. The lowest BCUT2D eigenvalue weighted by Crippen LogP contribution is -2.37. The lowest BCUT2D eigenvalue weighted by atomic mass is 9.97. The van der Waals surface area contributed by atoms with Crippen molar-refractivity contribution in [2.24, 2.45) is 16.9 Å². The van der Waals surface area contributed by atoms with Gasteiger partial charge in [0.05, 0.1) is 18.2 Å². The van der Waals surface area contributed by atoms with E-state index in [9.17, 15) is 18.8 Å². The lowest BCUT2D eigenvalue weighted by Gasteiger charge is -2.15. The van der Waals surface area contributed by atoms with E-state index in [1.165, 1.54) is 31.4 Å². The van der Waals surface area contributed by atoms with Gasteiger partial charge < -0.3 is 26.3 Å². The fourth-order valence-electron chi connectivity index (χ4n) is 4.57. The Kier molecular flexibility index (Phi) is 6.15. The lowest BCUT2D eigenvalue weighted by molar-refractivity contribution is -0.132. The molecule has 5 rings (SSSR count). The van der Waals surface area contributed by atoms with Gasteiger partial charge in [-0.3, -0.25) is 19.4 Å². The molecule has 38 heavy (non-hydrogen) atoms. The first-order chi connectivity index (χ1) is 18.2. The maximum atomic E-state index is 13.2. The number of carbonyl (C=O) groups excluding carboxylic acids is 3. The average Bonchev–Trinajstić information content (AvgIpc) is 3.67. The third-order valence-electron chi connectivity index (χ3n) is 6.71. The predicted octanol–water partition coefficient (Wildman–Crippen LogP) is 3.87. The number of nitrogens with zero attached hydrogens (tertiary/aromatic N) is 1. The van der Waals surface area contributed by atoms with E-state index in [-0.39, 0.29) is 12.0 Å². The molecule has 1 heterocycles. The minimum absolute atomic E-state index is 0.198. The van der Waals surface area contributed by atoms with Crippen LogP contribution < -0.4 is 26.3 Å². The van der Waals surface area contributed by atoms with Crippen molar-refractivity contribution < 1.29 is 28.2 Å². The second kappa shape index (κ2) is 9.47. The molecule has 1 aromatic heterocycles. The van der Waals surface area contributed by atoms with E-state index in [0.717, 1.165) is 5.56 Å². The number of amides is 3. The number of carbonyl (C=O) groups is 3. The van der Waals surface area contributed by atoms with Crippen LogP contribution in [0.4, 0.5) is 10.1 Å². The molecular weight excluding hydrogens is 491 g/mol. The first-order valence-electron chi connectivity index (χ1n) is 11.6. The summed E-state index contributed by atoms with van der Waals surface area (Å²) < 4.78 is 24.5. The van der Waals surface area contributed by atoms with Crippen LogP contribution in [0.3, 0.4) is 0 Å². The standard InChI is InChI=1S/C28H23FN4O5/c1-37-24-13-22-19(12-20(24)25(30)34)23(10-11-32-22)38-18-8-2-15(3-9-18)21-14-28(21,26(31)35)27(36)33-17-6-4-16(29)5-7-17/h2-13,21H,14H2,1H3,(H2,30,34)(H2,31,35)(H,33,36). The van der Waals surface area contributed by atoms with Gasteiger partial charge in [0.2, 0.25) is 11.8 Å². The first-order valence-corrected chi connectivity index (χ1v) is 11.6. The Morgan fingerprint density at radius 2 is 1.71 bits per heavy atom. The first kappa shape index (κ1) is 24.7. The van der Waals surface area contributed by atoms with E-state index in [0.29, 0.717) is 33.8 Å². The van der Waals surface area contributed by atoms with Crippen LogP contribution in [0.1, 0.15) is 28.3 Å². The number of hydrogen-bond donors (Lipinski definition) is 3. The average molecular weight is 515 g/mol. The van der Waals surface area contributed by atoms with Crippen molar-refractivity contribution >= 4 is 34.3 Å². The number of fused-ring (bicyclic) bond motifs is 1. The Morgan fingerprint density at radius 1 is 1.00 bits per heavy atom. The molecule has 0 bridgehead atoms. The van der Waals surface area contributed by atoms with Crippen molar-refractivity contribution in [2.75, 3.05) is 12.4 Å².